The van der Waals surface area contributed by atoms with Crippen molar-refractivity contribution in [3.63, 3.8) is 0 Å². The summed E-state index contributed by atoms with van der Waals surface area (Å²) < 4.78 is 46.4. The zero-order valence-electron chi connectivity index (χ0n) is 14.7. The van der Waals surface area contributed by atoms with Gasteiger partial charge >= 0.3 is 0 Å². The van der Waals surface area contributed by atoms with E-state index in [-0.39, 0.29) is 25.3 Å². The van der Waals surface area contributed by atoms with Crippen LogP contribution in [0.25, 0.3) is 0 Å². The molecule has 27 heavy (non-hydrogen) atoms. The fraction of sp³-hybridized carbons (Fsp3) is 0.278. The van der Waals surface area contributed by atoms with Crippen LogP contribution in [0.4, 0.5) is 4.39 Å². The zero-order valence-corrected chi connectivity index (χ0v) is 15.5. The van der Waals surface area contributed by atoms with Crippen molar-refractivity contribution in [2.45, 2.75) is 17.4 Å². The van der Waals surface area contributed by atoms with Crippen LogP contribution < -0.4 is 14.8 Å². The number of carbonyl (C=O) groups excluding carboxylic acids is 1. The molecule has 0 aromatic heterocycles. The van der Waals surface area contributed by atoms with Gasteiger partial charge in [0.05, 0.1) is 13.7 Å². The van der Waals surface area contributed by atoms with Gasteiger partial charge in [-0.25, -0.2) is 12.8 Å². The molecule has 0 spiro atoms. The van der Waals surface area contributed by atoms with Crippen LogP contribution in [0.15, 0.2) is 53.4 Å². The number of halogens is 1. The summed E-state index contributed by atoms with van der Waals surface area (Å²) in [6.07, 6.45) is 0.0783. The highest BCUT2D eigenvalue weighted by Crippen LogP contribution is 2.24. The van der Waals surface area contributed by atoms with E-state index in [4.69, 9.17) is 9.84 Å². The summed E-state index contributed by atoms with van der Waals surface area (Å²) >= 11 is 0. The van der Waals surface area contributed by atoms with Crippen molar-refractivity contribution in [1.82, 2.24) is 10.0 Å². The molecular weight excluding hydrogens is 375 g/mol. The molecule has 0 fully saturated rings. The summed E-state index contributed by atoms with van der Waals surface area (Å²) in [5, 5.41) is 11.3. The van der Waals surface area contributed by atoms with Crippen LogP contribution in [0.2, 0.25) is 0 Å². The van der Waals surface area contributed by atoms with Gasteiger partial charge in [0.25, 0.3) is 0 Å². The van der Waals surface area contributed by atoms with Gasteiger partial charge in [-0.05, 0) is 30.2 Å². The van der Waals surface area contributed by atoms with E-state index in [2.05, 4.69) is 10.0 Å². The van der Waals surface area contributed by atoms with Gasteiger partial charge in [0.1, 0.15) is 22.5 Å². The third-order valence-electron chi connectivity index (χ3n) is 3.72. The number of hydrogen-bond acceptors (Lipinski definition) is 5. The van der Waals surface area contributed by atoms with Gasteiger partial charge in [0, 0.05) is 6.54 Å². The summed E-state index contributed by atoms with van der Waals surface area (Å²) in [5.41, 5.74) is 0.732. The van der Waals surface area contributed by atoms with E-state index in [1.165, 1.54) is 13.2 Å². The molecule has 0 aliphatic rings. The highest BCUT2D eigenvalue weighted by atomic mass is 32.2. The van der Waals surface area contributed by atoms with Gasteiger partial charge in [-0.15, -0.1) is 0 Å². The van der Waals surface area contributed by atoms with Gasteiger partial charge in [-0.3, -0.25) is 4.79 Å². The Hall–Kier alpha value is -2.49. The summed E-state index contributed by atoms with van der Waals surface area (Å²) in [7, 11) is -2.99. The molecule has 0 radical (unpaired) electrons. The van der Waals surface area contributed by atoms with E-state index in [0.717, 1.165) is 17.7 Å². The second kappa shape index (κ2) is 9.45. The van der Waals surface area contributed by atoms with E-state index >= 15 is 0 Å². The van der Waals surface area contributed by atoms with Gasteiger partial charge < -0.3 is 15.2 Å². The van der Waals surface area contributed by atoms with E-state index < -0.39 is 32.7 Å². The number of amides is 1. The van der Waals surface area contributed by atoms with Crippen molar-refractivity contribution in [2.75, 3.05) is 20.3 Å². The molecule has 146 valence electrons. The molecule has 0 aliphatic heterocycles. The summed E-state index contributed by atoms with van der Waals surface area (Å²) in [6, 6.07) is 10.8. The van der Waals surface area contributed by atoms with Crippen molar-refractivity contribution < 1.29 is 27.4 Å². The smallest absolute Gasteiger partial charge is 0.245 e. The SMILES string of the molecule is COc1ccc(F)cc1S(=O)(=O)NC(Cc1ccccc1)C(=O)NCCO. The van der Waals surface area contributed by atoms with Crippen LogP contribution in [0.3, 0.4) is 0 Å². The fourth-order valence-electron chi connectivity index (χ4n) is 2.45. The van der Waals surface area contributed by atoms with Gasteiger partial charge in [-0.1, -0.05) is 30.3 Å². The van der Waals surface area contributed by atoms with E-state index in [9.17, 15) is 17.6 Å². The Bertz CT molecular complexity index is 875. The number of rotatable bonds is 9. The second-order valence-electron chi connectivity index (χ2n) is 5.67. The highest BCUT2D eigenvalue weighted by molar-refractivity contribution is 7.89. The number of benzene rings is 2. The van der Waals surface area contributed by atoms with E-state index in [0.29, 0.717) is 0 Å². The van der Waals surface area contributed by atoms with Crippen LogP contribution in [0, 0.1) is 5.82 Å². The molecule has 1 amide bonds. The molecular formula is C18H21FN2O5S. The van der Waals surface area contributed by atoms with Crippen LogP contribution in [-0.4, -0.2) is 45.7 Å². The predicted octanol–water partition coefficient (Wildman–Crippen LogP) is 0.832. The second-order valence-corrected chi connectivity index (χ2v) is 7.36. The lowest BCUT2D eigenvalue weighted by Crippen LogP contribution is -2.48. The summed E-state index contributed by atoms with van der Waals surface area (Å²) in [4.78, 5) is 12.0. The Kier molecular flexibility index (Phi) is 7.28. The number of aliphatic hydroxyl groups excluding tert-OH is 1. The molecule has 0 saturated carbocycles. The normalized spacial score (nSPS) is 12.4. The molecule has 2 rings (SSSR count). The molecule has 0 saturated heterocycles. The van der Waals surface area contributed by atoms with Crippen LogP contribution in [0.1, 0.15) is 5.56 Å². The van der Waals surface area contributed by atoms with Crippen molar-refractivity contribution in [3.05, 3.63) is 59.9 Å². The first-order valence-electron chi connectivity index (χ1n) is 8.15. The van der Waals surface area contributed by atoms with Crippen molar-refractivity contribution in [3.8, 4) is 5.75 Å². The third-order valence-corrected chi connectivity index (χ3v) is 5.22. The zero-order chi connectivity index (χ0) is 19.9. The Morgan fingerprint density at radius 2 is 1.93 bits per heavy atom. The number of methoxy groups -OCH3 is 1. The molecule has 0 heterocycles. The van der Waals surface area contributed by atoms with Gasteiger partial charge in [-0.2, -0.15) is 4.72 Å². The van der Waals surface area contributed by atoms with Gasteiger partial charge in [0.2, 0.25) is 15.9 Å². The van der Waals surface area contributed by atoms with Crippen LogP contribution in [0.5, 0.6) is 5.75 Å². The number of sulfonamides is 1. The van der Waals surface area contributed by atoms with Crippen molar-refractivity contribution in [1.29, 1.82) is 0 Å². The maximum Gasteiger partial charge on any atom is 0.245 e. The van der Waals surface area contributed by atoms with Crippen molar-refractivity contribution >= 4 is 15.9 Å². The van der Waals surface area contributed by atoms with Gasteiger partial charge in [0.15, 0.2) is 0 Å². The predicted molar refractivity (Wildman–Crippen MR) is 97.3 cm³/mol. The molecule has 3 N–H and O–H groups in total. The van der Waals surface area contributed by atoms with E-state index in [1.807, 2.05) is 0 Å². The molecule has 7 nitrogen and oxygen atoms in total. The maximum absolute atomic E-state index is 13.6. The largest absolute Gasteiger partial charge is 0.495 e. The Morgan fingerprint density at radius 1 is 1.22 bits per heavy atom. The molecule has 2 aromatic rings. The fourth-order valence-corrected chi connectivity index (χ4v) is 3.83. The molecule has 0 aliphatic carbocycles. The maximum atomic E-state index is 13.6. The minimum Gasteiger partial charge on any atom is -0.495 e. The Balaban J connectivity index is 2.32. The lowest BCUT2D eigenvalue weighted by Gasteiger charge is -2.19. The Morgan fingerprint density at radius 3 is 2.56 bits per heavy atom. The first-order valence-corrected chi connectivity index (χ1v) is 9.64. The minimum absolute atomic E-state index is 0.0187. The summed E-state index contributed by atoms with van der Waals surface area (Å²) in [5.74, 6) is -1.40. The van der Waals surface area contributed by atoms with Crippen molar-refractivity contribution in [2.24, 2.45) is 0 Å². The molecule has 1 unspecified atom stereocenters. The Labute approximate surface area is 157 Å². The lowest BCUT2D eigenvalue weighted by molar-refractivity contribution is -0.122. The summed E-state index contributed by atoms with van der Waals surface area (Å²) in [6.45, 7) is -0.302. The molecule has 0 bridgehead atoms. The monoisotopic (exact) mass is 396 g/mol. The highest BCUT2D eigenvalue weighted by Gasteiger charge is 2.28. The average molecular weight is 396 g/mol. The minimum atomic E-state index is -4.25. The third kappa shape index (κ3) is 5.75. The topological polar surface area (TPSA) is 105 Å². The average Bonchev–Trinajstić information content (AvgIpc) is 2.66. The van der Waals surface area contributed by atoms with Crippen LogP contribution >= 0.6 is 0 Å². The number of carbonyl (C=O) groups is 1. The number of aliphatic hydroxyl groups is 1. The standard InChI is InChI=1S/C18H21FN2O5S/c1-26-16-8-7-14(19)12-17(16)27(24,25)21-15(18(23)20-9-10-22)11-13-5-3-2-4-6-13/h2-8,12,15,21-22H,9-11H2,1H3,(H,20,23). The van der Waals surface area contributed by atoms with Crippen LogP contribution in [-0.2, 0) is 21.2 Å². The molecule has 9 heteroatoms. The van der Waals surface area contributed by atoms with E-state index in [1.54, 1.807) is 30.3 Å². The lowest BCUT2D eigenvalue weighted by atomic mass is 10.1. The quantitative estimate of drug-likeness (QED) is 0.582. The number of hydrogen-bond donors (Lipinski definition) is 3. The first kappa shape index (κ1) is 20.8. The molecule has 2 aromatic carbocycles. The first-order chi connectivity index (χ1) is 12.9. The molecule has 1 atom stereocenters. The number of ether oxygens (including phenoxy) is 1. The number of nitrogens with one attached hydrogen (secondary N) is 2.